The standard InChI is InChI=1S/C22H27N5OS2/c1-14(2)27-20(24-25-22(27)29)17-9-11-26(12-10-17)21(28)19-15(3)23-18(30-19)13-16-7-5-4-6-8-16/h4-8,14,17H,9-13H2,1-3H3,(H,25,29). The molecule has 1 saturated heterocycles. The Labute approximate surface area is 186 Å². The summed E-state index contributed by atoms with van der Waals surface area (Å²) in [5, 5.41) is 8.41. The highest BCUT2D eigenvalue weighted by Crippen LogP contribution is 2.30. The van der Waals surface area contributed by atoms with Crippen LogP contribution in [0.3, 0.4) is 0 Å². The van der Waals surface area contributed by atoms with Gasteiger partial charge in [0.15, 0.2) is 4.77 Å². The molecule has 30 heavy (non-hydrogen) atoms. The second kappa shape index (κ2) is 8.81. The summed E-state index contributed by atoms with van der Waals surface area (Å²) in [5.41, 5.74) is 2.04. The molecule has 3 heterocycles. The normalized spacial score (nSPS) is 15.1. The molecule has 1 aliphatic rings. The molecule has 1 aliphatic heterocycles. The summed E-state index contributed by atoms with van der Waals surface area (Å²) in [6.07, 6.45) is 2.55. The van der Waals surface area contributed by atoms with Crippen LogP contribution in [0.4, 0.5) is 0 Å². The lowest BCUT2D eigenvalue weighted by Crippen LogP contribution is -2.38. The first kappa shape index (κ1) is 20.9. The predicted octanol–water partition coefficient (Wildman–Crippen LogP) is 4.90. The lowest BCUT2D eigenvalue weighted by molar-refractivity contribution is 0.0714. The van der Waals surface area contributed by atoms with Gasteiger partial charge < -0.3 is 9.47 Å². The Hall–Kier alpha value is -2.32. The molecule has 0 bridgehead atoms. The lowest BCUT2D eigenvalue weighted by atomic mass is 9.95. The molecule has 2 aromatic heterocycles. The average Bonchev–Trinajstić information content (AvgIpc) is 3.30. The van der Waals surface area contributed by atoms with E-state index >= 15 is 0 Å². The van der Waals surface area contributed by atoms with Crippen LogP contribution in [0, 0.1) is 11.7 Å². The number of amides is 1. The van der Waals surface area contributed by atoms with Crippen molar-refractivity contribution >= 4 is 29.5 Å². The SMILES string of the molecule is Cc1nc(Cc2ccccc2)sc1C(=O)N1CCC(c2n[nH]c(=S)n2C(C)C)CC1. The number of aromatic amines is 1. The Morgan fingerprint density at radius 1 is 1.27 bits per heavy atom. The maximum Gasteiger partial charge on any atom is 0.265 e. The molecule has 1 aromatic carbocycles. The van der Waals surface area contributed by atoms with Crippen molar-refractivity contribution in [2.24, 2.45) is 0 Å². The predicted molar refractivity (Wildman–Crippen MR) is 122 cm³/mol. The molecule has 0 atom stereocenters. The zero-order chi connectivity index (χ0) is 21.3. The van der Waals surface area contributed by atoms with Crippen molar-refractivity contribution in [3.63, 3.8) is 0 Å². The third-order valence-corrected chi connectivity index (χ3v) is 7.06. The number of carbonyl (C=O) groups excluding carboxylic acids is 1. The Morgan fingerprint density at radius 2 is 1.97 bits per heavy atom. The van der Waals surface area contributed by atoms with Gasteiger partial charge in [-0.1, -0.05) is 30.3 Å². The topological polar surface area (TPSA) is 66.8 Å². The molecule has 3 aromatic rings. The number of thiazole rings is 1. The molecular formula is C22H27N5OS2. The van der Waals surface area contributed by atoms with E-state index in [4.69, 9.17) is 12.2 Å². The maximum atomic E-state index is 13.2. The highest BCUT2D eigenvalue weighted by atomic mass is 32.1. The van der Waals surface area contributed by atoms with E-state index in [2.05, 4.69) is 45.7 Å². The minimum atomic E-state index is 0.102. The minimum Gasteiger partial charge on any atom is -0.338 e. The average molecular weight is 442 g/mol. The van der Waals surface area contributed by atoms with E-state index in [1.165, 1.54) is 16.9 Å². The van der Waals surface area contributed by atoms with E-state index in [1.54, 1.807) is 0 Å². The van der Waals surface area contributed by atoms with Crippen molar-refractivity contribution in [2.75, 3.05) is 13.1 Å². The van der Waals surface area contributed by atoms with Crippen LogP contribution >= 0.6 is 23.6 Å². The number of nitrogens with zero attached hydrogens (tertiary/aromatic N) is 4. The molecule has 8 heteroatoms. The highest BCUT2D eigenvalue weighted by Gasteiger charge is 2.29. The molecular weight excluding hydrogens is 414 g/mol. The smallest absolute Gasteiger partial charge is 0.265 e. The zero-order valence-corrected chi connectivity index (χ0v) is 19.2. The molecule has 0 aliphatic carbocycles. The van der Waals surface area contributed by atoms with Gasteiger partial charge in [0, 0.05) is 31.5 Å². The Morgan fingerprint density at radius 3 is 2.63 bits per heavy atom. The number of hydrogen-bond acceptors (Lipinski definition) is 5. The van der Waals surface area contributed by atoms with E-state index in [0.29, 0.717) is 10.7 Å². The van der Waals surface area contributed by atoms with Crippen molar-refractivity contribution in [3.05, 3.63) is 62.1 Å². The van der Waals surface area contributed by atoms with Crippen LogP contribution in [-0.4, -0.2) is 43.6 Å². The van der Waals surface area contributed by atoms with Crippen LogP contribution in [0.2, 0.25) is 0 Å². The quantitative estimate of drug-likeness (QED) is 0.572. The fourth-order valence-corrected chi connectivity index (χ4v) is 5.50. The second-order valence-corrected chi connectivity index (χ2v) is 9.57. The number of aromatic nitrogens is 4. The summed E-state index contributed by atoms with van der Waals surface area (Å²) in [6.45, 7) is 7.63. The summed E-state index contributed by atoms with van der Waals surface area (Å²) in [4.78, 5) is 20.6. The van der Waals surface area contributed by atoms with Crippen molar-refractivity contribution in [3.8, 4) is 0 Å². The van der Waals surface area contributed by atoms with Crippen LogP contribution in [-0.2, 0) is 6.42 Å². The molecule has 0 unspecified atom stereocenters. The minimum absolute atomic E-state index is 0.102. The first-order valence-corrected chi connectivity index (χ1v) is 11.6. The second-order valence-electron chi connectivity index (χ2n) is 8.10. The van der Waals surface area contributed by atoms with E-state index < -0.39 is 0 Å². The van der Waals surface area contributed by atoms with Crippen molar-refractivity contribution in [2.45, 2.75) is 52.0 Å². The molecule has 158 valence electrons. The van der Waals surface area contributed by atoms with Gasteiger partial charge in [0.1, 0.15) is 10.7 Å². The molecule has 1 amide bonds. The first-order valence-electron chi connectivity index (χ1n) is 10.4. The van der Waals surface area contributed by atoms with E-state index in [0.717, 1.165) is 53.8 Å². The number of hydrogen-bond donors (Lipinski definition) is 1. The van der Waals surface area contributed by atoms with Crippen LogP contribution < -0.4 is 0 Å². The van der Waals surface area contributed by atoms with Gasteiger partial charge in [-0.3, -0.25) is 9.89 Å². The Bertz CT molecular complexity index is 1070. The summed E-state index contributed by atoms with van der Waals surface area (Å²) >= 11 is 6.91. The van der Waals surface area contributed by atoms with E-state index in [9.17, 15) is 4.79 Å². The van der Waals surface area contributed by atoms with Crippen LogP contribution in [0.25, 0.3) is 0 Å². The number of rotatable bonds is 5. The Balaban J connectivity index is 1.43. The first-order chi connectivity index (χ1) is 14.4. The van der Waals surface area contributed by atoms with Gasteiger partial charge in [-0.25, -0.2) is 4.98 Å². The number of H-pyrrole nitrogens is 1. The van der Waals surface area contributed by atoms with Gasteiger partial charge in [0.05, 0.1) is 10.7 Å². The largest absolute Gasteiger partial charge is 0.338 e. The monoisotopic (exact) mass is 441 g/mol. The summed E-state index contributed by atoms with van der Waals surface area (Å²) in [6, 6.07) is 10.5. The Kier molecular flexibility index (Phi) is 6.15. The maximum absolute atomic E-state index is 13.2. The molecule has 0 saturated carbocycles. The van der Waals surface area contributed by atoms with Gasteiger partial charge in [-0.2, -0.15) is 5.10 Å². The molecule has 6 nitrogen and oxygen atoms in total. The van der Waals surface area contributed by atoms with Crippen molar-refractivity contribution in [1.82, 2.24) is 24.6 Å². The van der Waals surface area contributed by atoms with Gasteiger partial charge in [0.2, 0.25) is 0 Å². The number of carbonyl (C=O) groups is 1. The van der Waals surface area contributed by atoms with Crippen LogP contribution in [0.5, 0.6) is 0 Å². The molecule has 0 spiro atoms. The van der Waals surface area contributed by atoms with Crippen LogP contribution in [0.1, 0.15) is 70.4 Å². The summed E-state index contributed by atoms with van der Waals surface area (Å²) < 4.78 is 2.77. The van der Waals surface area contributed by atoms with Crippen LogP contribution in [0.15, 0.2) is 30.3 Å². The number of benzene rings is 1. The van der Waals surface area contributed by atoms with Crippen molar-refractivity contribution in [1.29, 1.82) is 0 Å². The zero-order valence-electron chi connectivity index (χ0n) is 17.6. The number of aryl methyl sites for hydroxylation is 1. The summed E-state index contributed by atoms with van der Waals surface area (Å²) in [7, 11) is 0. The lowest BCUT2D eigenvalue weighted by Gasteiger charge is -2.31. The number of piperidine rings is 1. The highest BCUT2D eigenvalue weighted by molar-refractivity contribution is 7.71. The van der Waals surface area contributed by atoms with Gasteiger partial charge in [0.25, 0.3) is 5.91 Å². The van der Waals surface area contributed by atoms with Gasteiger partial charge >= 0.3 is 0 Å². The third kappa shape index (κ3) is 4.25. The summed E-state index contributed by atoms with van der Waals surface area (Å²) in [5.74, 6) is 1.44. The van der Waals surface area contributed by atoms with Gasteiger partial charge in [-0.05, 0) is 51.4 Å². The third-order valence-electron chi connectivity index (χ3n) is 5.63. The van der Waals surface area contributed by atoms with E-state index in [1.807, 2.05) is 30.0 Å². The fourth-order valence-electron chi connectivity index (χ4n) is 4.09. The number of nitrogens with one attached hydrogen (secondary N) is 1. The number of likely N-dealkylation sites (tertiary alicyclic amines) is 1. The van der Waals surface area contributed by atoms with Gasteiger partial charge in [-0.15, -0.1) is 11.3 Å². The van der Waals surface area contributed by atoms with E-state index in [-0.39, 0.29) is 11.9 Å². The van der Waals surface area contributed by atoms with Crippen molar-refractivity contribution < 1.29 is 4.79 Å². The molecule has 4 rings (SSSR count). The fraction of sp³-hybridized carbons (Fsp3) is 0.455. The molecule has 1 fully saturated rings. The molecule has 0 radical (unpaired) electrons. The molecule has 1 N–H and O–H groups in total.